The maximum absolute atomic E-state index is 5.82. The fourth-order valence-electron chi connectivity index (χ4n) is 4.49. The number of benzene rings is 4. The van der Waals surface area contributed by atoms with Gasteiger partial charge in [-0.2, -0.15) is 0 Å². The van der Waals surface area contributed by atoms with Crippen molar-refractivity contribution in [2.75, 3.05) is 19.4 Å². The fourth-order valence-corrected chi connectivity index (χ4v) is 8.61. The van der Waals surface area contributed by atoms with Crippen molar-refractivity contribution in [2.45, 2.75) is 6.92 Å². The SMILES string of the molecule is C/C(=C/C[P+](c1ccccc1)(c1ccccc1)c1ccccc1)c1ccc2c(c1)OCCO2. The van der Waals surface area contributed by atoms with Gasteiger partial charge in [0.05, 0.1) is 6.16 Å². The highest BCUT2D eigenvalue weighted by Gasteiger charge is 2.44. The van der Waals surface area contributed by atoms with Gasteiger partial charge in [-0.15, -0.1) is 0 Å². The first-order valence-corrected chi connectivity index (χ1v) is 13.4. The lowest BCUT2D eigenvalue weighted by atomic mass is 10.1. The first kappa shape index (κ1) is 21.5. The van der Waals surface area contributed by atoms with Crippen molar-refractivity contribution >= 4 is 28.7 Å². The standard InChI is InChI=1S/C30H28O2P/c1-24(25-17-18-29-30(23-25)32-21-20-31-29)19-22-33(26-11-5-2-6-12-26,27-13-7-3-8-14-27)28-15-9-4-10-16-28/h2-19,23H,20-22H2,1H3/q+1/b24-19-. The Kier molecular flexibility index (Phi) is 6.28. The van der Waals surface area contributed by atoms with Crippen molar-refractivity contribution in [3.63, 3.8) is 0 Å². The van der Waals surface area contributed by atoms with Crippen molar-refractivity contribution in [3.05, 3.63) is 121 Å². The van der Waals surface area contributed by atoms with E-state index in [-0.39, 0.29) is 0 Å². The summed E-state index contributed by atoms with van der Waals surface area (Å²) in [5.41, 5.74) is 2.42. The van der Waals surface area contributed by atoms with Gasteiger partial charge < -0.3 is 9.47 Å². The summed E-state index contributed by atoms with van der Waals surface area (Å²) in [5, 5.41) is 4.19. The lowest BCUT2D eigenvalue weighted by Crippen LogP contribution is -2.33. The molecule has 4 aromatic rings. The Morgan fingerprint density at radius 1 is 0.667 bits per heavy atom. The van der Waals surface area contributed by atoms with Gasteiger partial charge in [0.2, 0.25) is 0 Å². The summed E-state index contributed by atoms with van der Waals surface area (Å²) in [4.78, 5) is 0. The van der Waals surface area contributed by atoms with Gasteiger partial charge in [0, 0.05) is 0 Å². The number of ether oxygens (including phenoxy) is 2. The summed E-state index contributed by atoms with van der Waals surface area (Å²) < 4.78 is 11.5. The van der Waals surface area contributed by atoms with Crippen molar-refractivity contribution in [1.29, 1.82) is 0 Å². The van der Waals surface area contributed by atoms with Crippen molar-refractivity contribution in [1.82, 2.24) is 0 Å². The Morgan fingerprint density at radius 3 is 1.67 bits per heavy atom. The molecule has 1 aliphatic rings. The first-order valence-electron chi connectivity index (χ1n) is 11.4. The third-order valence-corrected chi connectivity index (χ3v) is 10.5. The molecule has 0 aromatic heterocycles. The molecule has 1 aliphatic heterocycles. The molecule has 0 amide bonds. The van der Waals surface area contributed by atoms with Crippen LogP contribution in [0.4, 0.5) is 0 Å². The molecule has 0 saturated carbocycles. The van der Waals surface area contributed by atoms with Crippen LogP contribution in [0, 0.1) is 0 Å². The Labute approximate surface area is 196 Å². The van der Waals surface area contributed by atoms with E-state index in [9.17, 15) is 0 Å². The minimum atomic E-state index is -1.88. The second-order valence-electron chi connectivity index (χ2n) is 8.24. The summed E-state index contributed by atoms with van der Waals surface area (Å²) in [5.74, 6) is 1.67. The molecule has 0 spiro atoms. The Morgan fingerprint density at radius 2 is 1.15 bits per heavy atom. The molecule has 4 aromatic carbocycles. The Bertz CT molecular complexity index is 1140. The van der Waals surface area contributed by atoms with E-state index in [0.717, 1.165) is 17.7 Å². The second kappa shape index (κ2) is 9.65. The summed E-state index contributed by atoms with van der Waals surface area (Å²) >= 11 is 0. The van der Waals surface area contributed by atoms with E-state index in [1.54, 1.807) is 0 Å². The molecule has 1 heterocycles. The third kappa shape index (κ3) is 4.32. The second-order valence-corrected chi connectivity index (χ2v) is 11.8. The Hall–Kier alpha value is -3.35. The molecular weight excluding hydrogens is 423 g/mol. The van der Waals surface area contributed by atoms with Crippen LogP contribution in [-0.2, 0) is 0 Å². The molecule has 0 unspecified atom stereocenters. The van der Waals surface area contributed by atoms with E-state index in [4.69, 9.17) is 9.47 Å². The average Bonchev–Trinajstić information content (AvgIpc) is 2.90. The molecular formula is C30H28O2P+. The summed E-state index contributed by atoms with van der Waals surface area (Å²) in [7, 11) is -1.88. The molecule has 0 N–H and O–H groups in total. The van der Waals surface area contributed by atoms with Gasteiger partial charge in [0.1, 0.15) is 36.4 Å². The molecule has 5 rings (SSSR count). The molecule has 0 atom stereocenters. The highest BCUT2D eigenvalue weighted by Crippen LogP contribution is 2.55. The number of rotatable bonds is 6. The topological polar surface area (TPSA) is 18.5 Å². The van der Waals surface area contributed by atoms with Crippen molar-refractivity contribution < 1.29 is 9.47 Å². The minimum absolute atomic E-state index is 0.601. The number of allylic oxidation sites excluding steroid dienone is 2. The van der Waals surface area contributed by atoms with Crippen LogP contribution in [0.2, 0.25) is 0 Å². The van der Waals surface area contributed by atoms with Crippen LogP contribution < -0.4 is 25.4 Å². The zero-order chi connectivity index (χ0) is 22.5. The molecule has 33 heavy (non-hydrogen) atoms. The van der Waals surface area contributed by atoms with Crippen molar-refractivity contribution in [2.24, 2.45) is 0 Å². The predicted octanol–water partition coefficient (Wildman–Crippen LogP) is 5.86. The largest absolute Gasteiger partial charge is 0.486 e. The predicted molar refractivity (Wildman–Crippen MR) is 141 cm³/mol. The monoisotopic (exact) mass is 451 g/mol. The van der Waals surface area contributed by atoms with Crippen LogP contribution in [0.15, 0.2) is 115 Å². The molecule has 0 saturated heterocycles. The summed E-state index contributed by atoms with van der Waals surface area (Å²) in [6.07, 6.45) is 3.36. The van der Waals surface area contributed by atoms with Gasteiger partial charge in [-0.1, -0.05) is 60.7 Å². The van der Waals surface area contributed by atoms with Crippen LogP contribution in [0.5, 0.6) is 11.5 Å². The first-order chi connectivity index (χ1) is 16.3. The van der Waals surface area contributed by atoms with E-state index in [1.807, 2.05) is 6.07 Å². The van der Waals surface area contributed by atoms with Crippen LogP contribution in [0.25, 0.3) is 5.57 Å². The fraction of sp³-hybridized carbons (Fsp3) is 0.133. The molecule has 2 nitrogen and oxygen atoms in total. The molecule has 0 bridgehead atoms. The highest BCUT2D eigenvalue weighted by atomic mass is 31.2. The number of hydrogen-bond donors (Lipinski definition) is 0. The Balaban J connectivity index is 1.62. The smallest absolute Gasteiger partial charge is 0.161 e. The zero-order valence-electron chi connectivity index (χ0n) is 18.9. The van der Waals surface area contributed by atoms with E-state index >= 15 is 0 Å². The maximum atomic E-state index is 5.82. The van der Waals surface area contributed by atoms with Crippen LogP contribution in [0.3, 0.4) is 0 Å². The lowest BCUT2D eigenvalue weighted by molar-refractivity contribution is 0.171. The maximum Gasteiger partial charge on any atom is 0.161 e. The molecule has 0 radical (unpaired) electrons. The lowest BCUT2D eigenvalue weighted by Gasteiger charge is -2.27. The van der Waals surface area contributed by atoms with Gasteiger partial charge >= 0.3 is 0 Å². The molecule has 164 valence electrons. The van der Waals surface area contributed by atoms with Gasteiger partial charge in [-0.05, 0) is 72.7 Å². The van der Waals surface area contributed by atoms with E-state index in [2.05, 4.69) is 116 Å². The van der Waals surface area contributed by atoms with E-state index in [0.29, 0.717) is 13.2 Å². The van der Waals surface area contributed by atoms with Gasteiger partial charge in [-0.3, -0.25) is 0 Å². The quantitative estimate of drug-likeness (QED) is 0.342. The van der Waals surface area contributed by atoms with E-state index < -0.39 is 7.26 Å². The summed E-state index contributed by atoms with van der Waals surface area (Å²) in [6, 6.07) is 39.3. The average molecular weight is 452 g/mol. The molecule has 0 fully saturated rings. The van der Waals surface area contributed by atoms with Crippen LogP contribution in [0.1, 0.15) is 12.5 Å². The summed E-state index contributed by atoms with van der Waals surface area (Å²) in [6.45, 7) is 3.41. The number of hydrogen-bond acceptors (Lipinski definition) is 2. The molecule has 0 aliphatic carbocycles. The highest BCUT2D eigenvalue weighted by molar-refractivity contribution is 7.95. The van der Waals surface area contributed by atoms with Crippen molar-refractivity contribution in [3.8, 4) is 11.5 Å². The zero-order valence-corrected chi connectivity index (χ0v) is 19.7. The minimum Gasteiger partial charge on any atom is -0.486 e. The van der Waals surface area contributed by atoms with Crippen LogP contribution >= 0.6 is 7.26 Å². The van der Waals surface area contributed by atoms with Gasteiger partial charge in [0.15, 0.2) is 11.5 Å². The normalized spacial score (nSPS) is 13.5. The van der Waals surface area contributed by atoms with Gasteiger partial charge in [0.25, 0.3) is 0 Å². The van der Waals surface area contributed by atoms with E-state index in [1.165, 1.54) is 27.1 Å². The molecule has 3 heteroatoms. The number of fused-ring (bicyclic) bond motifs is 1. The van der Waals surface area contributed by atoms with Crippen LogP contribution in [-0.4, -0.2) is 19.4 Å². The van der Waals surface area contributed by atoms with Gasteiger partial charge in [-0.25, -0.2) is 0 Å². The third-order valence-electron chi connectivity index (χ3n) is 6.26.